The molecule has 4 nitrogen and oxygen atoms in total. The maximum atomic E-state index is 12.3. The lowest BCUT2D eigenvalue weighted by atomic mass is 9.76. The Morgan fingerprint density at radius 2 is 1.93 bits per heavy atom. The standard InChI is InChI=1S/C25H28N2O2S/c1-25(2)12-11-21-20(14-25)22(24(28)29)23(30-21)19-10-5-4-8-17(19)15-27(3)16-18-9-6-7-13-26-18/h4-10,13H,11-12,14-16H2,1-3H3,(H,28,29). The van der Waals surface area contributed by atoms with Crippen LogP contribution in [0, 0.1) is 5.41 Å². The number of fused-ring (bicyclic) bond motifs is 1. The monoisotopic (exact) mass is 420 g/mol. The van der Waals surface area contributed by atoms with Gasteiger partial charge in [-0.2, -0.15) is 0 Å². The second-order valence-electron chi connectivity index (χ2n) is 9.00. The van der Waals surface area contributed by atoms with E-state index in [9.17, 15) is 9.90 Å². The average molecular weight is 421 g/mol. The molecule has 1 N–H and O–H groups in total. The van der Waals surface area contributed by atoms with Gasteiger partial charge in [0.05, 0.1) is 11.3 Å². The van der Waals surface area contributed by atoms with Crippen LogP contribution >= 0.6 is 11.3 Å². The normalized spacial score (nSPS) is 15.2. The highest BCUT2D eigenvalue weighted by atomic mass is 32.1. The third kappa shape index (κ3) is 4.32. The minimum Gasteiger partial charge on any atom is -0.478 e. The summed E-state index contributed by atoms with van der Waals surface area (Å²) in [4.78, 5) is 21.1. The van der Waals surface area contributed by atoms with Crippen molar-refractivity contribution < 1.29 is 9.90 Å². The van der Waals surface area contributed by atoms with E-state index >= 15 is 0 Å². The van der Waals surface area contributed by atoms with Crippen molar-refractivity contribution in [3.05, 3.63) is 75.9 Å². The first kappa shape index (κ1) is 20.8. The number of benzene rings is 1. The van der Waals surface area contributed by atoms with Crippen LogP contribution in [0.1, 0.15) is 52.3 Å². The smallest absolute Gasteiger partial charge is 0.337 e. The van der Waals surface area contributed by atoms with Crippen molar-refractivity contribution >= 4 is 17.3 Å². The summed E-state index contributed by atoms with van der Waals surface area (Å²) in [5.74, 6) is -0.808. The van der Waals surface area contributed by atoms with E-state index in [0.29, 0.717) is 5.56 Å². The van der Waals surface area contributed by atoms with Gasteiger partial charge in [0.1, 0.15) is 0 Å². The van der Waals surface area contributed by atoms with Crippen molar-refractivity contribution in [2.45, 2.75) is 46.2 Å². The average Bonchev–Trinajstić information content (AvgIpc) is 3.06. The van der Waals surface area contributed by atoms with Crippen molar-refractivity contribution in [1.29, 1.82) is 0 Å². The molecule has 0 amide bonds. The van der Waals surface area contributed by atoms with Gasteiger partial charge >= 0.3 is 5.97 Å². The number of thiophene rings is 1. The SMILES string of the molecule is CN(Cc1ccccn1)Cc1ccccc1-c1sc2c(c1C(=O)O)CC(C)(C)CC2. The van der Waals surface area contributed by atoms with Crippen LogP contribution in [-0.2, 0) is 25.9 Å². The van der Waals surface area contributed by atoms with E-state index in [0.717, 1.165) is 59.6 Å². The van der Waals surface area contributed by atoms with Gasteiger partial charge in [-0.3, -0.25) is 9.88 Å². The summed E-state index contributed by atoms with van der Waals surface area (Å²) in [5.41, 5.74) is 4.93. The van der Waals surface area contributed by atoms with Crippen molar-refractivity contribution in [2.24, 2.45) is 5.41 Å². The van der Waals surface area contributed by atoms with Gasteiger partial charge in [0, 0.05) is 29.0 Å². The third-order valence-electron chi connectivity index (χ3n) is 5.85. The highest BCUT2D eigenvalue weighted by molar-refractivity contribution is 7.16. The molecule has 0 saturated carbocycles. The highest BCUT2D eigenvalue weighted by Crippen LogP contribution is 2.45. The van der Waals surface area contributed by atoms with Gasteiger partial charge in [-0.15, -0.1) is 11.3 Å². The van der Waals surface area contributed by atoms with E-state index < -0.39 is 5.97 Å². The third-order valence-corrected chi connectivity index (χ3v) is 7.17. The van der Waals surface area contributed by atoms with Gasteiger partial charge in [-0.05, 0) is 60.5 Å². The van der Waals surface area contributed by atoms with Crippen molar-refractivity contribution in [3.63, 3.8) is 0 Å². The van der Waals surface area contributed by atoms with Gasteiger partial charge in [0.15, 0.2) is 0 Å². The van der Waals surface area contributed by atoms with Crippen LogP contribution in [0.25, 0.3) is 10.4 Å². The molecule has 1 aliphatic carbocycles. The summed E-state index contributed by atoms with van der Waals surface area (Å²) in [5, 5.41) is 10.1. The Labute approximate surface area is 182 Å². The van der Waals surface area contributed by atoms with E-state index in [1.54, 1.807) is 11.3 Å². The predicted molar refractivity (Wildman–Crippen MR) is 122 cm³/mol. The Bertz CT molecular complexity index is 1060. The zero-order chi connectivity index (χ0) is 21.3. The summed E-state index contributed by atoms with van der Waals surface area (Å²) < 4.78 is 0. The van der Waals surface area contributed by atoms with Gasteiger partial charge in [0.25, 0.3) is 0 Å². The molecule has 0 radical (unpaired) electrons. The first-order chi connectivity index (χ1) is 14.3. The molecule has 0 atom stereocenters. The number of aromatic carboxylic acids is 1. The lowest BCUT2D eigenvalue weighted by Gasteiger charge is -2.29. The second kappa shape index (κ2) is 8.32. The summed E-state index contributed by atoms with van der Waals surface area (Å²) in [6.07, 6.45) is 4.72. The fourth-order valence-electron chi connectivity index (χ4n) is 4.33. The first-order valence-corrected chi connectivity index (χ1v) is 11.2. The van der Waals surface area contributed by atoms with Crippen LogP contribution in [-0.4, -0.2) is 28.0 Å². The summed E-state index contributed by atoms with van der Waals surface area (Å²) in [7, 11) is 2.07. The first-order valence-electron chi connectivity index (χ1n) is 10.4. The second-order valence-corrected chi connectivity index (χ2v) is 10.1. The predicted octanol–water partition coefficient (Wildman–Crippen LogP) is 5.66. The summed E-state index contributed by atoms with van der Waals surface area (Å²) in [6, 6.07) is 14.2. The number of rotatable bonds is 6. The molecule has 0 aliphatic heterocycles. The van der Waals surface area contributed by atoms with Gasteiger partial charge in [-0.1, -0.05) is 44.2 Å². The Morgan fingerprint density at radius 1 is 1.17 bits per heavy atom. The molecular weight excluding hydrogens is 392 g/mol. The minimum absolute atomic E-state index is 0.151. The molecule has 1 aromatic carbocycles. The summed E-state index contributed by atoms with van der Waals surface area (Å²) >= 11 is 1.68. The maximum Gasteiger partial charge on any atom is 0.337 e. The molecular formula is C25H28N2O2S. The van der Waals surface area contributed by atoms with Crippen LogP contribution in [0.3, 0.4) is 0 Å². The molecule has 0 saturated heterocycles. The summed E-state index contributed by atoms with van der Waals surface area (Å²) in [6.45, 7) is 5.95. The molecule has 0 fully saturated rings. The Balaban J connectivity index is 1.69. The number of aryl methyl sites for hydroxylation is 1. The lowest BCUT2D eigenvalue weighted by molar-refractivity contribution is 0.0696. The molecule has 1 aliphatic rings. The van der Waals surface area contributed by atoms with E-state index in [4.69, 9.17) is 0 Å². The van der Waals surface area contributed by atoms with E-state index in [-0.39, 0.29) is 5.41 Å². The van der Waals surface area contributed by atoms with Crippen molar-refractivity contribution in [2.75, 3.05) is 7.05 Å². The van der Waals surface area contributed by atoms with Crippen LogP contribution in [0.2, 0.25) is 0 Å². The quantitative estimate of drug-likeness (QED) is 0.559. The number of carbonyl (C=O) groups is 1. The lowest BCUT2D eigenvalue weighted by Crippen LogP contribution is -2.22. The van der Waals surface area contributed by atoms with Crippen LogP contribution in [0.4, 0.5) is 0 Å². The van der Waals surface area contributed by atoms with Gasteiger partial charge < -0.3 is 5.11 Å². The molecule has 0 bridgehead atoms. The zero-order valence-electron chi connectivity index (χ0n) is 17.8. The fourth-order valence-corrected chi connectivity index (χ4v) is 5.70. The Hall–Kier alpha value is -2.50. The van der Waals surface area contributed by atoms with Crippen LogP contribution < -0.4 is 0 Å². The number of hydrogen-bond donors (Lipinski definition) is 1. The largest absolute Gasteiger partial charge is 0.478 e. The number of pyridine rings is 1. The number of aromatic nitrogens is 1. The van der Waals surface area contributed by atoms with Crippen molar-refractivity contribution in [3.8, 4) is 10.4 Å². The minimum atomic E-state index is -0.808. The molecule has 2 heterocycles. The molecule has 30 heavy (non-hydrogen) atoms. The van der Waals surface area contributed by atoms with Crippen molar-refractivity contribution in [1.82, 2.24) is 9.88 Å². The molecule has 3 aromatic rings. The molecule has 4 rings (SSSR count). The zero-order valence-corrected chi connectivity index (χ0v) is 18.6. The molecule has 156 valence electrons. The Kier molecular flexibility index (Phi) is 5.76. The van der Waals surface area contributed by atoms with E-state index in [1.165, 1.54) is 4.88 Å². The highest BCUT2D eigenvalue weighted by Gasteiger charge is 2.33. The number of carboxylic acid groups (broad SMARTS) is 1. The number of hydrogen-bond acceptors (Lipinski definition) is 4. The van der Waals surface area contributed by atoms with E-state index in [2.05, 4.69) is 42.9 Å². The maximum absolute atomic E-state index is 12.3. The Morgan fingerprint density at radius 3 is 2.67 bits per heavy atom. The van der Waals surface area contributed by atoms with Gasteiger partial charge in [-0.25, -0.2) is 4.79 Å². The molecule has 2 aromatic heterocycles. The number of nitrogens with zero attached hydrogens (tertiary/aromatic N) is 2. The van der Waals surface area contributed by atoms with Crippen LogP contribution in [0.15, 0.2) is 48.7 Å². The number of carboxylic acids is 1. The van der Waals surface area contributed by atoms with Crippen LogP contribution in [0.5, 0.6) is 0 Å². The topological polar surface area (TPSA) is 53.4 Å². The molecule has 0 spiro atoms. The molecule has 5 heteroatoms. The molecule has 0 unspecified atom stereocenters. The van der Waals surface area contributed by atoms with E-state index in [1.807, 2.05) is 36.5 Å². The fraction of sp³-hybridized carbons (Fsp3) is 0.360. The van der Waals surface area contributed by atoms with Gasteiger partial charge in [0.2, 0.25) is 0 Å².